The van der Waals surface area contributed by atoms with Gasteiger partial charge in [-0.2, -0.15) is 0 Å². The number of rotatable bonds is 5. The summed E-state index contributed by atoms with van der Waals surface area (Å²) in [6.45, 7) is 5.69. The van der Waals surface area contributed by atoms with E-state index >= 15 is 0 Å². The Kier molecular flexibility index (Phi) is 5.26. The molecule has 33 heavy (non-hydrogen) atoms. The third kappa shape index (κ3) is 3.91. The number of aryl methyl sites for hydroxylation is 1. The number of H-pyrrole nitrogens is 1. The van der Waals surface area contributed by atoms with Crippen molar-refractivity contribution in [2.45, 2.75) is 57.7 Å². The number of benzene rings is 2. The van der Waals surface area contributed by atoms with E-state index in [9.17, 15) is 15.0 Å². The lowest BCUT2D eigenvalue weighted by atomic mass is 9.54. The van der Waals surface area contributed by atoms with E-state index in [1.807, 2.05) is 25.3 Å². The molecule has 1 spiro atoms. The molecule has 0 bridgehead atoms. The van der Waals surface area contributed by atoms with Crippen LogP contribution < -0.4 is 4.74 Å². The Morgan fingerprint density at radius 1 is 1.24 bits per heavy atom. The first-order chi connectivity index (χ1) is 15.7. The van der Waals surface area contributed by atoms with E-state index in [2.05, 4.69) is 28.9 Å². The van der Waals surface area contributed by atoms with Gasteiger partial charge in [-0.05, 0) is 86.9 Å². The number of ether oxygens (including phenoxy) is 1. The number of likely N-dealkylation sites (tertiary alicyclic amines) is 1. The second kappa shape index (κ2) is 7.89. The Labute approximate surface area is 194 Å². The molecule has 2 heterocycles. The van der Waals surface area contributed by atoms with Crippen molar-refractivity contribution in [1.29, 1.82) is 0 Å². The van der Waals surface area contributed by atoms with Crippen molar-refractivity contribution < 1.29 is 19.7 Å². The molecule has 2 aromatic carbocycles. The predicted molar refractivity (Wildman–Crippen MR) is 128 cm³/mol. The van der Waals surface area contributed by atoms with Crippen molar-refractivity contribution in [3.63, 3.8) is 0 Å². The Bertz CT molecular complexity index is 1190. The number of aromatic nitrogens is 1. The molecule has 0 radical (unpaired) electrons. The minimum Gasteiger partial charge on any atom is -0.496 e. The number of carbonyl (C=O) groups is 1. The summed E-state index contributed by atoms with van der Waals surface area (Å²) < 4.78 is 5.79. The molecule has 1 saturated carbocycles. The number of nitrogens with one attached hydrogen (secondary N) is 1. The minimum atomic E-state index is -0.909. The van der Waals surface area contributed by atoms with Gasteiger partial charge in [-0.1, -0.05) is 12.1 Å². The lowest BCUT2D eigenvalue weighted by Crippen LogP contribution is -2.55. The van der Waals surface area contributed by atoms with Crippen molar-refractivity contribution in [2.75, 3.05) is 13.7 Å². The van der Waals surface area contributed by atoms with Crippen LogP contribution in [0.1, 0.15) is 65.7 Å². The van der Waals surface area contributed by atoms with Gasteiger partial charge in [0.1, 0.15) is 5.75 Å². The number of hydrogen-bond acceptors (Lipinski definition) is 4. The van der Waals surface area contributed by atoms with Crippen LogP contribution in [0.3, 0.4) is 0 Å². The Hall–Kier alpha value is -2.83. The van der Waals surface area contributed by atoms with E-state index in [0.717, 1.165) is 61.2 Å². The summed E-state index contributed by atoms with van der Waals surface area (Å²) in [7, 11) is 1.72. The largest absolute Gasteiger partial charge is 0.496 e. The number of nitrogens with zero attached hydrogens (tertiary/aromatic N) is 1. The molecule has 0 unspecified atom stereocenters. The fraction of sp³-hybridized carbons (Fsp3) is 0.444. The first-order valence-electron chi connectivity index (χ1n) is 11.6. The zero-order valence-electron chi connectivity index (χ0n) is 19.5. The highest BCUT2D eigenvalue weighted by atomic mass is 16.5. The van der Waals surface area contributed by atoms with Gasteiger partial charge in [0, 0.05) is 35.2 Å². The normalized spacial score (nSPS) is 27.6. The van der Waals surface area contributed by atoms with Crippen LogP contribution in [0.5, 0.6) is 5.75 Å². The van der Waals surface area contributed by atoms with Crippen LogP contribution in [0.15, 0.2) is 42.6 Å². The zero-order valence-corrected chi connectivity index (χ0v) is 19.5. The van der Waals surface area contributed by atoms with Gasteiger partial charge in [0.25, 0.3) is 0 Å². The van der Waals surface area contributed by atoms with Crippen LogP contribution in [0.25, 0.3) is 10.9 Å². The smallest absolute Gasteiger partial charge is 0.335 e. The zero-order chi connectivity index (χ0) is 23.4. The van der Waals surface area contributed by atoms with Crippen LogP contribution in [-0.2, 0) is 6.54 Å². The average molecular weight is 449 g/mol. The van der Waals surface area contributed by atoms with E-state index < -0.39 is 11.6 Å². The molecule has 6 heteroatoms. The number of aromatic carboxylic acids is 1. The summed E-state index contributed by atoms with van der Waals surface area (Å²) in [6.07, 6.45) is 5.64. The van der Waals surface area contributed by atoms with E-state index in [1.54, 1.807) is 19.2 Å². The summed E-state index contributed by atoms with van der Waals surface area (Å²) in [6, 6.07) is 11.7. The summed E-state index contributed by atoms with van der Waals surface area (Å²) >= 11 is 0. The number of fused-ring (bicyclic) bond motifs is 1. The van der Waals surface area contributed by atoms with Crippen molar-refractivity contribution in [3.8, 4) is 5.75 Å². The van der Waals surface area contributed by atoms with Crippen molar-refractivity contribution in [2.24, 2.45) is 5.41 Å². The molecule has 1 aromatic heterocycles. The summed E-state index contributed by atoms with van der Waals surface area (Å²) in [4.78, 5) is 17.2. The molecule has 3 N–H and O–H groups in total. The van der Waals surface area contributed by atoms with Crippen LogP contribution in [0.2, 0.25) is 0 Å². The Balaban J connectivity index is 1.50. The third-order valence-corrected chi connectivity index (χ3v) is 7.74. The maximum atomic E-state index is 11.4. The van der Waals surface area contributed by atoms with E-state index in [0.29, 0.717) is 5.56 Å². The first-order valence-corrected chi connectivity index (χ1v) is 11.6. The van der Waals surface area contributed by atoms with Crippen molar-refractivity contribution >= 4 is 16.9 Å². The van der Waals surface area contributed by atoms with Crippen LogP contribution in [0.4, 0.5) is 0 Å². The van der Waals surface area contributed by atoms with Crippen molar-refractivity contribution in [1.82, 2.24) is 9.88 Å². The van der Waals surface area contributed by atoms with Crippen molar-refractivity contribution in [3.05, 3.63) is 64.8 Å². The number of aromatic amines is 1. The van der Waals surface area contributed by atoms with Gasteiger partial charge in [0.2, 0.25) is 0 Å². The van der Waals surface area contributed by atoms with E-state index in [1.165, 1.54) is 10.9 Å². The third-order valence-electron chi connectivity index (χ3n) is 7.74. The highest BCUT2D eigenvalue weighted by Gasteiger charge is 2.54. The molecular weight excluding hydrogens is 416 g/mol. The SMILES string of the molecule is COc1cc(C)c2[nH]ccc2c1CN1CC[C@]2(C[C@@H]1c1ccc(C(=O)O)cc1)C[C@](C)(O)C2. The number of hydrogen-bond donors (Lipinski definition) is 3. The van der Waals surface area contributed by atoms with Crippen LogP contribution in [0, 0.1) is 12.3 Å². The molecule has 2 aliphatic rings. The average Bonchev–Trinajstić information content (AvgIpc) is 3.26. The van der Waals surface area contributed by atoms with Gasteiger partial charge in [0.05, 0.1) is 18.3 Å². The first kappa shape index (κ1) is 22.0. The number of carboxylic acids is 1. The molecule has 3 aromatic rings. The molecule has 0 amide bonds. The molecular formula is C27H32N2O4. The van der Waals surface area contributed by atoms with Gasteiger partial charge in [-0.3, -0.25) is 4.90 Å². The van der Waals surface area contributed by atoms with Gasteiger partial charge in [0.15, 0.2) is 0 Å². The number of aliphatic hydroxyl groups is 1. The fourth-order valence-corrected chi connectivity index (χ4v) is 6.41. The maximum Gasteiger partial charge on any atom is 0.335 e. The molecule has 6 nitrogen and oxygen atoms in total. The van der Waals surface area contributed by atoms with Crippen LogP contribution in [-0.4, -0.2) is 45.3 Å². The Morgan fingerprint density at radius 2 is 1.97 bits per heavy atom. The predicted octanol–water partition coefficient (Wildman–Crippen LogP) is 5.05. The summed E-state index contributed by atoms with van der Waals surface area (Å²) in [5.74, 6) is -0.0146. The monoisotopic (exact) mass is 448 g/mol. The second-order valence-corrected chi connectivity index (χ2v) is 10.4. The lowest BCUT2D eigenvalue weighted by Gasteiger charge is -2.58. The minimum absolute atomic E-state index is 0.150. The molecule has 1 aliphatic heterocycles. The number of methoxy groups -OCH3 is 1. The maximum absolute atomic E-state index is 11.4. The molecule has 1 atom stereocenters. The lowest BCUT2D eigenvalue weighted by molar-refractivity contribution is -0.148. The van der Waals surface area contributed by atoms with Gasteiger partial charge < -0.3 is 19.9 Å². The quantitative estimate of drug-likeness (QED) is 0.508. The topological polar surface area (TPSA) is 85.8 Å². The number of piperidine rings is 1. The van der Waals surface area contributed by atoms with Crippen LogP contribution >= 0.6 is 0 Å². The molecule has 5 rings (SSSR count). The highest BCUT2D eigenvalue weighted by Crippen LogP contribution is 2.58. The molecule has 174 valence electrons. The summed E-state index contributed by atoms with van der Waals surface area (Å²) in [5, 5.41) is 21.0. The molecule has 2 fully saturated rings. The van der Waals surface area contributed by atoms with E-state index in [4.69, 9.17) is 4.74 Å². The van der Waals surface area contributed by atoms with E-state index in [-0.39, 0.29) is 11.5 Å². The number of carboxylic acid groups (broad SMARTS) is 1. The molecule has 1 saturated heterocycles. The van der Waals surface area contributed by atoms with Gasteiger partial charge >= 0.3 is 5.97 Å². The van der Waals surface area contributed by atoms with Gasteiger partial charge in [-0.15, -0.1) is 0 Å². The second-order valence-electron chi connectivity index (χ2n) is 10.4. The standard InChI is InChI=1S/C27H32N2O4/c1-17-12-23(33-3)21(20-8-10-28-24(17)20)14-29-11-9-27(15-26(2,32)16-27)13-22(29)18-4-6-19(7-5-18)25(30)31/h4-8,10,12,22,28,32H,9,11,13-16H2,1-3H3,(H,30,31)/t22-,26-,27-/m1/s1. The summed E-state index contributed by atoms with van der Waals surface area (Å²) in [5.41, 5.74) is 4.47. The highest BCUT2D eigenvalue weighted by molar-refractivity contribution is 5.88. The van der Waals surface area contributed by atoms with Gasteiger partial charge in [-0.25, -0.2) is 4.79 Å². The fourth-order valence-electron chi connectivity index (χ4n) is 6.41. The molecule has 1 aliphatic carbocycles. The Morgan fingerprint density at radius 3 is 2.61 bits per heavy atom.